The molecule has 0 saturated carbocycles. The summed E-state index contributed by atoms with van der Waals surface area (Å²) in [6, 6.07) is 20.0. The number of hydrogen-bond acceptors (Lipinski definition) is 1. The molecule has 0 aliphatic carbocycles. The van der Waals surface area contributed by atoms with Gasteiger partial charge in [0.1, 0.15) is 11.1 Å². The number of alkyl halides is 2. The van der Waals surface area contributed by atoms with Crippen LogP contribution in [0.3, 0.4) is 0 Å². The molecular formula is C16H16Cl2O. The lowest BCUT2D eigenvalue weighted by molar-refractivity contribution is 0.0825. The quantitative estimate of drug-likeness (QED) is 0.707. The van der Waals surface area contributed by atoms with E-state index < -0.39 is 11.1 Å². The molecule has 0 aromatic heterocycles. The van der Waals surface area contributed by atoms with E-state index in [1.807, 2.05) is 60.7 Å². The molecule has 2 aromatic carbocycles. The number of hydrogen-bond donors (Lipinski definition) is 0. The van der Waals surface area contributed by atoms with Crippen LogP contribution in [0.1, 0.15) is 11.1 Å². The fraction of sp³-hybridized carbons (Fsp3) is 0.250. The van der Waals surface area contributed by atoms with Crippen molar-refractivity contribution in [1.82, 2.24) is 0 Å². The van der Waals surface area contributed by atoms with Gasteiger partial charge in [0.2, 0.25) is 0 Å². The lowest BCUT2D eigenvalue weighted by Gasteiger charge is -2.16. The second-order valence-electron chi connectivity index (χ2n) is 4.34. The topological polar surface area (TPSA) is 9.23 Å². The third kappa shape index (κ3) is 5.23. The molecule has 100 valence electrons. The maximum absolute atomic E-state index is 6.17. The lowest BCUT2D eigenvalue weighted by atomic mass is 10.1. The predicted molar refractivity (Wildman–Crippen MR) is 80.7 cm³/mol. The summed E-state index contributed by atoms with van der Waals surface area (Å²) < 4.78 is 5.59. The van der Waals surface area contributed by atoms with Crippen molar-refractivity contribution in [2.45, 2.75) is 24.0 Å². The minimum absolute atomic E-state index is 0.409. The maximum atomic E-state index is 6.17. The lowest BCUT2D eigenvalue weighted by Crippen LogP contribution is -2.17. The summed E-state index contributed by atoms with van der Waals surface area (Å²) in [6.45, 7) is 0. The summed E-state index contributed by atoms with van der Waals surface area (Å²) in [4.78, 5) is 0. The van der Waals surface area contributed by atoms with E-state index in [0.717, 1.165) is 11.1 Å². The van der Waals surface area contributed by atoms with Crippen molar-refractivity contribution in [3.63, 3.8) is 0 Å². The molecule has 0 saturated heterocycles. The average molecular weight is 295 g/mol. The minimum atomic E-state index is -0.409. The van der Waals surface area contributed by atoms with Crippen LogP contribution in [0.5, 0.6) is 0 Å². The molecule has 3 heteroatoms. The summed E-state index contributed by atoms with van der Waals surface area (Å²) >= 11 is 12.3. The smallest absolute Gasteiger partial charge is 0.137 e. The molecular weight excluding hydrogens is 279 g/mol. The molecule has 2 rings (SSSR count). The largest absolute Gasteiger partial charge is 0.343 e. The molecule has 0 aliphatic heterocycles. The van der Waals surface area contributed by atoms with Crippen LogP contribution in [0, 0.1) is 0 Å². The third-order valence-corrected chi connectivity index (χ3v) is 3.29. The van der Waals surface area contributed by atoms with Gasteiger partial charge in [0.05, 0.1) is 0 Å². The first kappa shape index (κ1) is 14.4. The van der Waals surface area contributed by atoms with E-state index in [1.165, 1.54) is 0 Å². The molecule has 0 aliphatic rings. The first-order valence-corrected chi connectivity index (χ1v) is 7.13. The molecule has 0 spiro atoms. The van der Waals surface area contributed by atoms with E-state index in [-0.39, 0.29) is 0 Å². The zero-order chi connectivity index (χ0) is 13.5. The van der Waals surface area contributed by atoms with E-state index >= 15 is 0 Å². The van der Waals surface area contributed by atoms with Crippen molar-refractivity contribution in [3.05, 3.63) is 71.8 Å². The Morgan fingerprint density at radius 1 is 0.684 bits per heavy atom. The van der Waals surface area contributed by atoms with E-state index in [2.05, 4.69) is 0 Å². The van der Waals surface area contributed by atoms with Gasteiger partial charge in [-0.2, -0.15) is 0 Å². The Bertz CT molecular complexity index is 427. The Kier molecular flexibility index (Phi) is 5.71. The van der Waals surface area contributed by atoms with Gasteiger partial charge in [0.25, 0.3) is 0 Å². The highest BCUT2D eigenvalue weighted by Crippen LogP contribution is 2.16. The van der Waals surface area contributed by atoms with Gasteiger partial charge in [-0.3, -0.25) is 0 Å². The Labute approximate surface area is 124 Å². The molecule has 2 aromatic rings. The zero-order valence-corrected chi connectivity index (χ0v) is 12.0. The van der Waals surface area contributed by atoms with Crippen LogP contribution in [0.15, 0.2) is 60.7 Å². The standard InChI is InChI=1S/C16H16Cl2O/c17-15(11-13-7-3-1-4-8-13)19-16(18)12-14-9-5-2-6-10-14/h1-10,15-16H,11-12H2/t15-,16+. The number of benzene rings is 2. The Morgan fingerprint density at radius 2 is 1.05 bits per heavy atom. The molecule has 0 N–H and O–H groups in total. The van der Waals surface area contributed by atoms with Crippen LogP contribution >= 0.6 is 23.2 Å². The molecule has 2 atom stereocenters. The molecule has 19 heavy (non-hydrogen) atoms. The monoisotopic (exact) mass is 294 g/mol. The van der Waals surface area contributed by atoms with Gasteiger partial charge in [0, 0.05) is 12.8 Å². The summed E-state index contributed by atoms with van der Waals surface area (Å²) in [5, 5.41) is 0. The van der Waals surface area contributed by atoms with E-state index in [4.69, 9.17) is 27.9 Å². The third-order valence-electron chi connectivity index (χ3n) is 2.77. The Balaban J connectivity index is 1.80. The molecule has 1 nitrogen and oxygen atoms in total. The normalized spacial score (nSPS) is 14.0. The first-order valence-electron chi connectivity index (χ1n) is 6.25. The van der Waals surface area contributed by atoms with Crippen LogP contribution in [-0.4, -0.2) is 11.1 Å². The van der Waals surface area contributed by atoms with E-state index in [1.54, 1.807) is 0 Å². The van der Waals surface area contributed by atoms with Crippen molar-refractivity contribution in [1.29, 1.82) is 0 Å². The van der Waals surface area contributed by atoms with Crippen LogP contribution in [0.4, 0.5) is 0 Å². The van der Waals surface area contributed by atoms with Crippen LogP contribution in [0.25, 0.3) is 0 Å². The fourth-order valence-corrected chi connectivity index (χ4v) is 2.51. The zero-order valence-electron chi connectivity index (χ0n) is 10.5. The summed E-state index contributed by atoms with van der Waals surface area (Å²) in [6.07, 6.45) is 1.31. The minimum Gasteiger partial charge on any atom is -0.343 e. The molecule has 0 unspecified atom stereocenters. The van der Waals surface area contributed by atoms with Gasteiger partial charge in [-0.1, -0.05) is 83.9 Å². The predicted octanol–water partition coefficient (Wildman–Crippen LogP) is 4.62. The van der Waals surface area contributed by atoms with Crippen molar-refractivity contribution in [3.8, 4) is 0 Å². The van der Waals surface area contributed by atoms with E-state index in [9.17, 15) is 0 Å². The Hall–Kier alpha value is -1.02. The molecule has 0 fully saturated rings. The van der Waals surface area contributed by atoms with Crippen LogP contribution < -0.4 is 0 Å². The first-order chi connectivity index (χ1) is 9.24. The summed E-state index contributed by atoms with van der Waals surface area (Å²) in [5.41, 5.74) is 1.47. The van der Waals surface area contributed by atoms with Gasteiger partial charge in [-0.25, -0.2) is 0 Å². The molecule has 0 heterocycles. The average Bonchev–Trinajstić information content (AvgIpc) is 2.40. The second-order valence-corrected chi connectivity index (χ2v) is 5.31. The maximum Gasteiger partial charge on any atom is 0.137 e. The Morgan fingerprint density at radius 3 is 1.42 bits per heavy atom. The molecule has 0 radical (unpaired) electrons. The summed E-state index contributed by atoms with van der Waals surface area (Å²) in [7, 11) is 0. The van der Waals surface area contributed by atoms with E-state index in [0.29, 0.717) is 12.8 Å². The summed E-state index contributed by atoms with van der Waals surface area (Å²) in [5.74, 6) is 0. The van der Waals surface area contributed by atoms with Gasteiger partial charge < -0.3 is 4.74 Å². The molecule has 0 amide bonds. The van der Waals surface area contributed by atoms with Gasteiger partial charge >= 0.3 is 0 Å². The van der Waals surface area contributed by atoms with Crippen molar-refractivity contribution >= 4 is 23.2 Å². The highest BCUT2D eigenvalue weighted by atomic mass is 35.5. The fourth-order valence-electron chi connectivity index (χ4n) is 1.86. The van der Waals surface area contributed by atoms with Crippen molar-refractivity contribution in [2.75, 3.05) is 0 Å². The number of halogens is 2. The molecule has 0 bridgehead atoms. The van der Waals surface area contributed by atoms with Gasteiger partial charge in [0.15, 0.2) is 0 Å². The SMILES string of the molecule is Cl[C@H](Cc1ccccc1)O[C@@H](Cl)Cc1ccccc1. The highest BCUT2D eigenvalue weighted by molar-refractivity contribution is 6.21. The van der Waals surface area contributed by atoms with Crippen LogP contribution in [-0.2, 0) is 17.6 Å². The van der Waals surface area contributed by atoms with Gasteiger partial charge in [-0.05, 0) is 11.1 Å². The van der Waals surface area contributed by atoms with Crippen molar-refractivity contribution in [2.24, 2.45) is 0 Å². The van der Waals surface area contributed by atoms with Crippen molar-refractivity contribution < 1.29 is 4.74 Å². The van der Waals surface area contributed by atoms with Gasteiger partial charge in [-0.15, -0.1) is 0 Å². The highest BCUT2D eigenvalue weighted by Gasteiger charge is 2.13. The second kappa shape index (κ2) is 7.54. The number of rotatable bonds is 6. The van der Waals surface area contributed by atoms with Crippen LogP contribution in [0.2, 0.25) is 0 Å². The number of ether oxygens (including phenoxy) is 1.